The highest BCUT2D eigenvalue weighted by molar-refractivity contribution is 4.83. The van der Waals surface area contributed by atoms with Crippen molar-refractivity contribution >= 4 is 0 Å². The van der Waals surface area contributed by atoms with Crippen molar-refractivity contribution in [2.75, 3.05) is 14.2 Å². The average molecular weight is 491 g/mol. The zero-order chi connectivity index (χ0) is 24.5. The maximum atomic E-state index is 10.1. The van der Waals surface area contributed by atoms with Gasteiger partial charge in [-0.3, -0.25) is 0 Å². The monoisotopic (exact) mass is 490 g/mol. The first-order valence-electron chi connectivity index (χ1n) is 13.7. The molecular formula is C26H50O8. The largest absolute Gasteiger partial charge is 0.376 e. The minimum Gasteiger partial charge on any atom is -0.376 e. The molecule has 2 N–H and O–H groups in total. The fourth-order valence-electron chi connectivity index (χ4n) is 5.45. The Hall–Kier alpha value is -0.320. The topological polar surface area (TPSA) is 95.8 Å². The van der Waals surface area contributed by atoms with E-state index in [9.17, 15) is 10.5 Å². The Morgan fingerprint density at radius 1 is 0.471 bits per heavy atom. The molecule has 2 saturated carbocycles. The Balaban J connectivity index is 2.22. The predicted octanol–water partition coefficient (Wildman–Crippen LogP) is 7.17. The van der Waals surface area contributed by atoms with E-state index in [1.807, 2.05) is 0 Å². The summed E-state index contributed by atoms with van der Waals surface area (Å²) in [5, 5.41) is 20.2. The van der Waals surface area contributed by atoms with Crippen LogP contribution in [0.5, 0.6) is 0 Å². The van der Waals surface area contributed by atoms with Crippen LogP contribution in [-0.2, 0) is 29.0 Å². The van der Waals surface area contributed by atoms with E-state index in [2.05, 4.69) is 0 Å². The fourth-order valence-corrected chi connectivity index (χ4v) is 5.45. The van der Waals surface area contributed by atoms with Crippen LogP contribution in [0.25, 0.3) is 0 Å². The smallest absolute Gasteiger partial charge is 0.259 e. The van der Waals surface area contributed by atoms with Gasteiger partial charge in [0, 0.05) is 27.1 Å². The molecule has 0 heterocycles. The van der Waals surface area contributed by atoms with Crippen LogP contribution in [0.2, 0.25) is 0 Å². The second-order valence-corrected chi connectivity index (χ2v) is 10.2. The third kappa shape index (κ3) is 9.28. The van der Waals surface area contributed by atoms with Crippen LogP contribution < -0.4 is 0 Å². The summed E-state index contributed by atoms with van der Waals surface area (Å²) >= 11 is 0. The second kappa shape index (κ2) is 17.2. The van der Waals surface area contributed by atoms with E-state index in [-0.39, 0.29) is 0 Å². The lowest BCUT2D eigenvalue weighted by molar-refractivity contribution is -0.591. The maximum Gasteiger partial charge on any atom is 0.259 e. The molecule has 0 aliphatic heterocycles. The number of ether oxygens (including phenoxy) is 2. The third-order valence-corrected chi connectivity index (χ3v) is 7.67. The van der Waals surface area contributed by atoms with E-state index in [1.165, 1.54) is 38.5 Å². The van der Waals surface area contributed by atoms with Gasteiger partial charge in [-0.15, -0.1) is 0 Å². The lowest BCUT2D eigenvalue weighted by atomic mass is 9.94. The molecule has 4 atom stereocenters. The molecule has 0 amide bonds. The van der Waals surface area contributed by atoms with E-state index < -0.39 is 23.8 Å². The first kappa shape index (κ1) is 29.9. The van der Waals surface area contributed by atoms with Crippen molar-refractivity contribution in [3.05, 3.63) is 0 Å². The Morgan fingerprint density at radius 3 is 1.06 bits per heavy atom. The SMILES string of the molecule is COC1CCCCCCCCCCC1(OO)OOC1(OO)CCCCCCCCCCC1OC. The van der Waals surface area contributed by atoms with Gasteiger partial charge in [0.25, 0.3) is 11.6 Å². The van der Waals surface area contributed by atoms with Gasteiger partial charge in [0.15, 0.2) is 0 Å². The van der Waals surface area contributed by atoms with Crippen LogP contribution in [0.1, 0.15) is 128 Å². The van der Waals surface area contributed by atoms with Gasteiger partial charge in [0.2, 0.25) is 0 Å². The molecule has 2 aliphatic carbocycles. The highest BCUT2D eigenvalue weighted by Gasteiger charge is 2.50. The van der Waals surface area contributed by atoms with Gasteiger partial charge >= 0.3 is 0 Å². The van der Waals surface area contributed by atoms with Gasteiger partial charge in [0.05, 0.1) is 0 Å². The van der Waals surface area contributed by atoms with Gasteiger partial charge in [-0.05, 0) is 25.7 Å². The standard InChI is InChI=1S/C26H50O8/c1-29-23-19-15-11-7-3-5-9-13-17-21-25(23,31-27)33-34-26(32-28)22-18-14-10-6-4-8-12-16-20-24(26)30-2/h23-24,27-28H,3-22H2,1-2H3. The minimum atomic E-state index is -1.51. The zero-order valence-corrected chi connectivity index (χ0v) is 21.6. The summed E-state index contributed by atoms with van der Waals surface area (Å²) in [4.78, 5) is 22.0. The van der Waals surface area contributed by atoms with E-state index in [0.717, 1.165) is 64.2 Å². The number of methoxy groups -OCH3 is 2. The Morgan fingerprint density at radius 2 is 0.765 bits per heavy atom. The van der Waals surface area contributed by atoms with Gasteiger partial charge in [-0.2, -0.15) is 19.6 Å². The van der Waals surface area contributed by atoms with Crippen LogP contribution in [0.4, 0.5) is 0 Å². The second-order valence-electron chi connectivity index (χ2n) is 10.2. The molecular weight excluding hydrogens is 440 g/mol. The quantitative estimate of drug-likeness (QED) is 0.220. The van der Waals surface area contributed by atoms with Gasteiger partial charge in [0.1, 0.15) is 12.2 Å². The number of hydrogen-bond acceptors (Lipinski definition) is 8. The van der Waals surface area contributed by atoms with Crippen molar-refractivity contribution in [3.63, 3.8) is 0 Å². The Bertz CT molecular complexity index is 463. The fraction of sp³-hybridized carbons (Fsp3) is 1.00. The van der Waals surface area contributed by atoms with Crippen LogP contribution >= 0.6 is 0 Å². The van der Waals surface area contributed by atoms with Crippen molar-refractivity contribution in [1.82, 2.24) is 0 Å². The van der Waals surface area contributed by atoms with Crippen LogP contribution in [0, 0.1) is 0 Å². The van der Waals surface area contributed by atoms with E-state index in [4.69, 9.17) is 29.0 Å². The molecule has 0 radical (unpaired) electrons. The van der Waals surface area contributed by atoms with Crippen LogP contribution in [-0.4, -0.2) is 48.5 Å². The van der Waals surface area contributed by atoms with Crippen molar-refractivity contribution in [1.29, 1.82) is 0 Å². The Labute approximate surface area is 206 Å². The van der Waals surface area contributed by atoms with Crippen molar-refractivity contribution in [2.24, 2.45) is 0 Å². The molecule has 0 aromatic heterocycles. The van der Waals surface area contributed by atoms with Gasteiger partial charge < -0.3 is 9.47 Å². The van der Waals surface area contributed by atoms with Crippen LogP contribution in [0.15, 0.2) is 0 Å². The lowest BCUT2D eigenvalue weighted by Crippen LogP contribution is -2.54. The minimum absolute atomic E-state index is 0.404. The highest BCUT2D eigenvalue weighted by atomic mass is 17.3. The molecule has 202 valence electrons. The molecule has 34 heavy (non-hydrogen) atoms. The molecule has 0 bridgehead atoms. The average Bonchev–Trinajstić information content (AvgIpc) is 2.85. The molecule has 2 rings (SSSR count). The van der Waals surface area contributed by atoms with Crippen molar-refractivity contribution in [3.8, 4) is 0 Å². The molecule has 2 fully saturated rings. The summed E-state index contributed by atoms with van der Waals surface area (Å²) in [5.41, 5.74) is 0. The van der Waals surface area contributed by atoms with Gasteiger partial charge in [-0.1, -0.05) is 89.9 Å². The summed E-state index contributed by atoms with van der Waals surface area (Å²) in [6.07, 6.45) is 18.4. The summed E-state index contributed by atoms with van der Waals surface area (Å²) < 4.78 is 11.5. The summed E-state index contributed by atoms with van der Waals surface area (Å²) in [7, 11) is 3.19. The maximum absolute atomic E-state index is 10.1. The highest BCUT2D eigenvalue weighted by Crippen LogP contribution is 2.37. The number of hydrogen-bond donors (Lipinski definition) is 2. The molecule has 8 nitrogen and oxygen atoms in total. The summed E-state index contributed by atoms with van der Waals surface area (Å²) in [6, 6.07) is 0. The number of rotatable bonds is 7. The van der Waals surface area contributed by atoms with E-state index in [1.54, 1.807) is 14.2 Å². The zero-order valence-electron chi connectivity index (χ0n) is 21.6. The van der Waals surface area contributed by atoms with E-state index in [0.29, 0.717) is 25.7 Å². The van der Waals surface area contributed by atoms with E-state index >= 15 is 0 Å². The van der Waals surface area contributed by atoms with Crippen LogP contribution in [0.3, 0.4) is 0 Å². The Kier molecular flexibility index (Phi) is 15.1. The molecule has 0 saturated heterocycles. The third-order valence-electron chi connectivity index (χ3n) is 7.67. The van der Waals surface area contributed by atoms with Crippen molar-refractivity contribution in [2.45, 2.75) is 152 Å². The summed E-state index contributed by atoms with van der Waals surface area (Å²) in [6.45, 7) is 0. The molecule has 8 heteroatoms. The predicted molar refractivity (Wildman–Crippen MR) is 129 cm³/mol. The normalized spacial score (nSPS) is 34.2. The molecule has 0 aromatic rings. The molecule has 4 unspecified atom stereocenters. The molecule has 0 spiro atoms. The first-order chi connectivity index (χ1) is 16.7. The summed E-state index contributed by atoms with van der Waals surface area (Å²) in [5.74, 6) is -3.02. The lowest BCUT2D eigenvalue weighted by Gasteiger charge is -2.41. The molecule has 0 aromatic carbocycles. The van der Waals surface area contributed by atoms with Gasteiger partial charge in [-0.25, -0.2) is 10.5 Å². The first-order valence-corrected chi connectivity index (χ1v) is 13.7. The molecule has 2 aliphatic rings. The van der Waals surface area contributed by atoms with Crippen molar-refractivity contribution < 1.29 is 39.5 Å².